The van der Waals surface area contributed by atoms with E-state index in [1.807, 2.05) is 0 Å². The van der Waals surface area contributed by atoms with Crippen molar-refractivity contribution < 1.29 is 79.4 Å². The molecule has 0 aromatic rings. The maximum atomic E-state index is 14.3. The van der Waals surface area contributed by atoms with Gasteiger partial charge in [0.05, 0.1) is 12.4 Å². The zero-order chi connectivity index (χ0) is 28.8. The van der Waals surface area contributed by atoms with Crippen LogP contribution in [0, 0.1) is 5.92 Å². The predicted molar refractivity (Wildman–Crippen MR) is 86.9 cm³/mol. The van der Waals surface area contributed by atoms with E-state index in [0.717, 1.165) is 6.26 Å². The average molecular weight is 570 g/mol. The van der Waals surface area contributed by atoms with Crippen molar-refractivity contribution in [1.82, 2.24) is 0 Å². The molecular weight excluding hydrogens is 555 g/mol. The summed E-state index contributed by atoms with van der Waals surface area (Å²) >= 11 is 0. The van der Waals surface area contributed by atoms with Gasteiger partial charge < -0.3 is 4.74 Å². The van der Waals surface area contributed by atoms with E-state index in [1.54, 1.807) is 0 Å². The average Bonchev–Trinajstić information content (AvgIpc) is 2.72. The van der Waals surface area contributed by atoms with Gasteiger partial charge in [-0.05, 0) is 31.8 Å². The van der Waals surface area contributed by atoms with Gasteiger partial charge >= 0.3 is 47.6 Å². The minimum Gasteiger partial charge on any atom is -0.498 e. The van der Waals surface area contributed by atoms with Crippen molar-refractivity contribution in [3.63, 3.8) is 0 Å². The van der Waals surface area contributed by atoms with E-state index < -0.39 is 85.3 Å². The molecule has 1 saturated carbocycles. The summed E-state index contributed by atoms with van der Waals surface area (Å²) in [5.74, 6) is -59.0. The van der Waals surface area contributed by atoms with Crippen molar-refractivity contribution in [3.8, 4) is 0 Å². The van der Waals surface area contributed by atoms with Crippen molar-refractivity contribution in [3.05, 3.63) is 25.0 Å². The summed E-state index contributed by atoms with van der Waals surface area (Å²) in [7, 11) is 0. The Balaban J connectivity index is 3.38. The molecule has 0 saturated heterocycles. The molecule has 1 fully saturated rings. The molecule has 36 heavy (non-hydrogen) atoms. The highest BCUT2D eigenvalue weighted by molar-refractivity contribution is 5.15. The lowest BCUT2D eigenvalue weighted by atomic mass is 9.78. The Hall–Kier alpha value is -1.91. The molecule has 1 aliphatic rings. The highest BCUT2D eigenvalue weighted by Crippen LogP contribution is 2.65. The highest BCUT2D eigenvalue weighted by Gasteiger charge is 2.95. The maximum Gasteiger partial charge on any atom is 0.460 e. The molecule has 0 unspecified atom stereocenters. The third-order valence-corrected chi connectivity index (χ3v) is 5.42. The van der Waals surface area contributed by atoms with E-state index in [9.17, 15) is 74.6 Å². The van der Waals surface area contributed by atoms with E-state index >= 15 is 0 Å². The molecule has 0 aliphatic heterocycles. The Bertz CT molecular complexity index is 803. The van der Waals surface area contributed by atoms with Crippen LogP contribution in [0.1, 0.15) is 25.7 Å². The van der Waals surface area contributed by atoms with Crippen LogP contribution in [0.2, 0.25) is 0 Å². The first kappa shape index (κ1) is 32.1. The van der Waals surface area contributed by atoms with Crippen molar-refractivity contribution in [2.45, 2.75) is 79.4 Å². The van der Waals surface area contributed by atoms with Gasteiger partial charge in [-0.1, -0.05) is 12.7 Å². The van der Waals surface area contributed by atoms with Crippen molar-refractivity contribution in [1.29, 1.82) is 0 Å². The van der Waals surface area contributed by atoms with Crippen LogP contribution in [-0.4, -0.2) is 53.7 Å². The molecule has 1 rings (SSSR count). The topological polar surface area (TPSA) is 9.23 Å². The number of halogens is 17. The second-order valence-corrected chi connectivity index (χ2v) is 7.74. The van der Waals surface area contributed by atoms with E-state index in [0.29, 0.717) is 0 Å². The molecule has 0 heterocycles. The van der Waals surface area contributed by atoms with E-state index in [1.165, 1.54) is 12.2 Å². The molecule has 0 aromatic heterocycles. The number of alkyl halides is 17. The van der Waals surface area contributed by atoms with Crippen LogP contribution in [-0.2, 0) is 4.74 Å². The molecule has 0 bridgehead atoms. The molecule has 1 nitrogen and oxygen atoms in total. The van der Waals surface area contributed by atoms with Gasteiger partial charge in [0.1, 0.15) is 0 Å². The molecule has 1 aliphatic carbocycles. The smallest absolute Gasteiger partial charge is 0.460 e. The predicted octanol–water partition coefficient (Wildman–Crippen LogP) is 8.27. The lowest BCUT2D eigenvalue weighted by molar-refractivity contribution is -0.463. The summed E-state index contributed by atoms with van der Waals surface area (Å²) < 4.78 is 232. The van der Waals surface area contributed by atoms with Crippen molar-refractivity contribution in [2.24, 2.45) is 5.92 Å². The number of hydrogen-bond donors (Lipinski definition) is 0. The monoisotopic (exact) mass is 570 g/mol. The van der Waals surface area contributed by atoms with Crippen LogP contribution in [0.3, 0.4) is 0 Å². The Morgan fingerprint density at radius 1 is 0.528 bits per heavy atom. The first-order valence-corrected chi connectivity index (χ1v) is 9.43. The van der Waals surface area contributed by atoms with Gasteiger partial charge in [0, 0.05) is 5.92 Å². The van der Waals surface area contributed by atoms with E-state index in [4.69, 9.17) is 4.74 Å². The van der Waals surface area contributed by atoms with Gasteiger partial charge in [0.2, 0.25) is 0 Å². The lowest BCUT2D eigenvalue weighted by Gasteiger charge is -2.44. The molecule has 0 spiro atoms. The maximum absolute atomic E-state index is 14.3. The molecule has 0 atom stereocenters. The minimum absolute atomic E-state index is 0.591. The zero-order valence-corrected chi connectivity index (χ0v) is 17.3. The summed E-state index contributed by atoms with van der Waals surface area (Å²) in [5, 5.41) is 0. The van der Waals surface area contributed by atoms with Gasteiger partial charge in [-0.25, -0.2) is 0 Å². The molecular formula is C18H15F17O. The normalized spacial score (nSPS) is 22.1. The molecule has 0 N–H and O–H groups in total. The zero-order valence-electron chi connectivity index (χ0n) is 17.3. The third kappa shape index (κ3) is 4.60. The van der Waals surface area contributed by atoms with E-state index in [2.05, 4.69) is 6.58 Å². The number of ether oxygens (including phenoxy) is 1. The SMILES string of the molecule is C=CC=COC1CCC(C(F)(F)C(F)(F)C(F)(F)C(F)(F)C(F)(F)C(F)(F)C(F)(F)C(F)(F)F)CC1. The highest BCUT2D eigenvalue weighted by atomic mass is 19.4. The van der Waals surface area contributed by atoms with Crippen molar-refractivity contribution in [2.75, 3.05) is 0 Å². The Morgan fingerprint density at radius 2 is 0.889 bits per heavy atom. The van der Waals surface area contributed by atoms with Gasteiger partial charge in [-0.15, -0.1) is 0 Å². The van der Waals surface area contributed by atoms with E-state index in [-0.39, 0.29) is 0 Å². The van der Waals surface area contributed by atoms with Gasteiger partial charge in [-0.3, -0.25) is 0 Å². The van der Waals surface area contributed by atoms with Crippen molar-refractivity contribution >= 4 is 0 Å². The third-order valence-electron chi connectivity index (χ3n) is 5.42. The van der Waals surface area contributed by atoms with Gasteiger partial charge in [-0.2, -0.15) is 74.6 Å². The van der Waals surface area contributed by atoms with Gasteiger partial charge in [0.15, 0.2) is 0 Å². The molecule has 18 heteroatoms. The fraction of sp³-hybridized carbons (Fsp3) is 0.778. The second-order valence-electron chi connectivity index (χ2n) is 7.74. The molecule has 0 radical (unpaired) electrons. The standard InChI is InChI=1S/C18H15F17O/c1-2-3-8-36-10-6-4-9(5-7-10)11(19,20)12(21,22)13(23,24)14(25,26)15(27,28)16(29,30)17(31,32)18(33,34)35/h2-3,8-10H,1,4-7H2. The Kier molecular flexibility index (Phi) is 8.42. The number of rotatable bonds is 10. The summed E-state index contributed by atoms with van der Waals surface area (Å²) in [6, 6.07) is 0. The van der Waals surface area contributed by atoms with Crippen LogP contribution < -0.4 is 0 Å². The Labute approximate surface area is 190 Å². The Morgan fingerprint density at radius 3 is 1.25 bits per heavy atom. The molecule has 0 amide bonds. The summed E-state index contributed by atoms with van der Waals surface area (Å²) in [5.41, 5.74) is 0. The fourth-order valence-corrected chi connectivity index (χ4v) is 3.21. The van der Waals surface area contributed by atoms with Crippen LogP contribution in [0.5, 0.6) is 0 Å². The van der Waals surface area contributed by atoms with Crippen LogP contribution in [0.25, 0.3) is 0 Å². The van der Waals surface area contributed by atoms with Crippen LogP contribution >= 0.6 is 0 Å². The largest absolute Gasteiger partial charge is 0.498 e. The second kappa shape index (κ2) is 9.44. The number of hydrogen-bond acceptors (Lipinski definition) is 1. The quantitative estimate of drug-likeness (QED) is 0.146. The summed E-state index contributed by atoms with van der Waals surface area (Å²) in [4.78, 5) is 0. The molecule has 212 valence electrons. The molecule has 0 aromatic carbocycles. The first-order valence-electron chi connectivity index (χ1n) is 9.43. The van der Waals surface area contributed by atoms with Gasteiger partial charge in [0.25, 0.3) is 0 Å². The first-order chi connectivity index (χ1) is 15.8. The fourth-order valence-electron chi connectivity index (χ4n) is 3.21. The minimum atomic E-state index is -8.61. The van der Waals surface area contributed by atoms with Crippen LogP contribution in [0.4, 0.5) is 74.6 Å². The van der Waals surface area contributed by atoms with Crippen LogP contribution in [0.15, 0.2) is 25.0 Å². The summed E-state index contributed by atoms with van der Waals surface area (Å²) in [6.45, 7) is 3.24. The summed E-state index contributed by atoms with van der Waals surface area (Å²) in [6.07, 6.45) is -8.92. The lowest BCUT2D eigenvalue weighted by Crippen LogP contribution is -2.75. The number of allylic oxidation sites excluding steroid dienone is 2.